The van der Waals surface area contributed by atoms with Crippen LogP contribution in [0.2, 0.25) is 0 Å². The molecule has 20 atom stereocenters. The van der Waals surface area contributed by atoms with Gasteiger partial charge in [0, 0.05) is 31.1 Å². The minimum absolute atomic E-state index is 0.121. The molecule has 24 nitrogen and oxygen atoms in total. The number of hydrogen-bond acceptors (Lipinski definition) is 21. The van der Waals surface area contributed by atoms with Crippen LogP contribution in [0.25, 0.3) is 11.3 Å². The summed E-state index contributed by atoms with van der Waals surface area (Å²) in [5.74, 6) is -3.57. The molecule has 25 heteroatoms. The maximum Gasteiger partial charge on any atom is 0.338 e. The largest absolute Gasteiger partial charge is 0.450 e. The molecule has 9 N–H and O–H groups in total. The van der Waals surface area contributed by atoms with Crippen LogP contribution in [-0.2, 0) is 47.5 Å². The number of carbonyl (C=O) groups is 3. The van der Waals surface area contributed by atoms with E-state index in [1.165, 1.54) is 48.1 Å². The fourth-order valence-corrected chi connectivity index (χ4v) is 10.6. The van der Waals surface area contributed by atoms with Gasteiger partial charge >= 0.3 is 5.97 Å². The number of aliphatic hydroxyl groups excluding tert-OH is 8. The molecule has 77 heavy (non-hydrogen) atoms. The zero-order chi connectivity index (χ0) is 55.1. The fourth-order valence-electron chi connectivity index (χ4n) is 10.6. The van der Waals surface area contributed by atoms with E-state index in [0.717, 1.165) is 6.42 Å². The third kappa shape index (κ3) is 13.3. The van der Waals surface area contributed by atoms with Crippen molar-refractivity contribution in [1.29, 1.82) is 0 Å². The maximum absolute atomic E-state index is 14.3. The molecule has 4 saturated heterocycles. The van der Waals surface area contributed by atoms with Gasteiger partial charge in [-0.25, -0.2) is 13.9 Å². The molecule has 2 amide bonds. The Morgan fingerprint density at radius 3 is 2.21 bits per heavy atom. The molecule has 5 fully saturated rings. The third-order valence-corrected chi connectivity index (χ3v) is 15.1. The van der Waals surface area contributed by atoms with Gasteiger partial charge in [-0.2, -0.15) is 0 Å². The van der Waals surface area contributed by atoms with Crippen molar-refractivity contribution in [2.24, 2.45) is 11.8 Å². The van der Waals surface area contributed by atoms with Gasteiger partial charge in [0.25, 0.3) is 5.91 Å². The number of aromatic nitrogens is 3. The molecule has 0 spiro atoms. The smallest absolute Gasteiger partial charge is 0.338 e. The van der Waals surface area contributed by atoms with E-state index in [4.69, 9.17) is 37.9 Å². The number of carbonyl (C=O) groups excluding carboxylic acids is 3. The Morgan fingerprint density at radius 2 is 1.53 bits per heavy atom. The lowest BCUT2D eigenvalue weighted by Crippen LogP contribution is -2.64. The van der Waals surface area contributed by atoms with Gasteiger partial charge in [0.15, 0.2) is 25.0 Å². The van der Waals surface area contributed by atoms with Gasteiger partial charge < -0.3 is 89.0 Å². The summed E-state index contributed by atoms with van der Waals surface area (Å²) in [6, 6.07) is 12.3. The zero-order valence-electron chi connectivity index (χ0n) is 43.0. The van der Waals surface area contributed by atoms with Crippen molar-refractivity contribution in [3.8, 4) is 11.3 Å². The van der Waals surface area contributed by atoms with Crippen molar-refractivity contribution in [3.05, 3.63) is 72.2 Å². The summed E-state index contributed by atoms with van der Waals surface area (Å²) in [6.07, 6.45) is -20.9. The number of benzene rings is 2. The van der Waals surface area contributed by atoms with E-state index in [2.05, 4.69) is 15.6 Å². The Labute approximate surface area is 443 Å². The first-order valence-corrected chi connectivity index (χ1v) is 26.4. The lowest BCUT2D eigenvalue weighted by molar-refractivity contribution is -0.349. The van der Waals surface area contributed by atoms with Crippen molar-refractivity contribution in [2.45, 2.75) is 170 Å². The Bertz CT molecular complexity index is 2390. The summed E-state index contributed by atoms with van der Waals surface area (Å²) in [5.41, 5.74) is 0.761. The second-order valence-electron chi connectivity index (χ2n) is 20.3. The van der Waals surface area contributed by atoms with Crippen LogP contribution >= 0.6 is 0 Å². The number of hydrogen-bond donors (Lipinski definition) is 9. The lowest BCUT2D eigenvalue weighted by Gasteiger charge is -2.49. The average Bonchev–Trinajstić information content (AvgIpc) is 3.90. The van der Waals surface area contributed by atoms with E-state index in [-0.39, 0.29) is 49.6 Å². The van der Waals surface area contributed by atoms with Crippen LogP contribution in [0, 0.1) is 17.7 Å². The van der Waals surface area contributed by atoms with Crippen molar-refractivity contribution >= 4 is 17.8 Å². The Kier molecular flexibility index (Phi) is 20.1. The molecule has 5 aliphatic rings. The second kappa shape index (κ2) is 26.5. The molecule has 3 aromatic rings. The highest BCUT2D eigenvalue weighted by molar-refractivity contribution is 5.89. The van der Waals surface area contributed by atoms with Crippen molar-refractivity contribution in [1.82, 2.24) is 25.2 Å². The molecule has 5 heterocycles. The number of aliphatic hydroxyl groups is 8. The van der Waals surface area contributed by atoms with Crippen LogP contribution < -0.4 is 5.32 Å². The predicted molar refractivity (Wildman–Crippen MR) is 262 cm³/mol. The standard InChI is InChI=1S/C52H72FN5O19/c1-4-11-33(48(68)57-17-10-18-57)72-45-40(63)36(25-60)75-52(46(45)76-49(69)28-12-7-6-8-13-28)73-34-22-30(20-27(5-2)44(34)77-51-43(66)42(65)38(61)26(3)71-51)47(67)54-16-19-70-50-41(64)37(39(62)35(24-59)74-50)58-23-32(55-56-58)29-14-9-15-31(53)21-29/h6-9,12-15,21,23,26-27,30,33-46,50-52,59-66H,4-5,10-11,16-20,22,24-25H2,1-3H3,(H,54,67)/t26?,27?,30?,33-,34+,35?,36?,37?,38+,39+,40-,41?,42?,43?,44?,45?,46?,50-,51-,52+/m0/s1. The van der Waals surface area contributed by atoms with E-state index >= 15 is 0 Å². The van der Waals surface area contributed by atoms with E-state index in [0.29, 0.717) is 31.5 Å². The van der Waals surface area contributed by atoms with Gasteiger partial charge in [-0.05, 0) is 62.8 Å². The maximum atomic E-state index is 14.3. The molecule has 4 aliphatic heterocycles. The molecule has 426 valence electrons. The Morgan fingerprint density at radius 1 is 0.805 bits per heavy atom. The molecule has 2 aromatic carbocycles. The second-order valence-corrected chi connectivity index (χ2v) is 20.3. The molecular weight excluding hydrogens is 1020 g/mol. The van der Waals surface area contributed by atoms with E-state index < -0.39 is 153 Å². The number of amides is 2. The van der Waals surface area contributed by atoms with Crippen LogP contribution in [0.3, 0.4) is 0 Å². The number of halogens is 1. The number of ether oxygens (including phenoxy) is 8. The van der Waals surface area contributed by atoms with Crippen LogP contribution in [0.15, 0.2) is 60.8 Å². The third-order valence-electron chi connectivity index (χ3n) is 15.1. The quantitative estimate of drug-likeness (QED) is 0.0471. The summed E-state index contributed by atoms with van der Waals surface area (Å²) >= 11 is 0. The molecule has 0 radical (unpaired) electrons. The monoisotopic (exact) mass is 1090 g/mol. The molecule has 1 aromatic heterocycles. The summed E-state index contributed by atoms with van der Waals surface area (Å²) < 4.78 is 64.7. The van der Waals surface area contributed by atoms with Crippen LogP contribution in [0.1, 0.15) is 75.7 Å². The van der Waals surface area contributed by atoms with Crippen molar-refractivity contribution < 1.29 is 97.5 Å². The topological polar surface area (TPSA) is 333 Å². The van der Waals surface area contributed by atoms with Crippen LogP contribution in [-0.4, -0.2) is 222 Å². The van der Waals surface area contributed by atoms with Crippen LogP contribution in [0.5, 0.6) is 0 Å². The highest BCUT2D eigenvalue weighted by Crippen LogP contribution is 2.41. The zero-order valence-corrected chi connectivity index (χ0v) is 43.0. The molecular formula is C52H72FN5O19. The van der Waals surface area contributed by atoms with Gasteiger partial charge in [0.05, 0.1) is 49.9 Å². The number of likely N-dealkylation sites (tertiary alicyclic amines) is 1. The summed E-state index contributed by atoms with van der Waals surface area (Å²) in [5, 5.41) is 98.5. The van der Waals surface area contributed by atoms with Gasteiger partial charge in [-0.15, -0.1) is 5.10 Å². The molecule has 12 unspecified atom stereocenters. The number of rotatable bonds is 21. The summed E-state index contributed by atoms with van der Waals surface area (Å²) in [4.78, 5) is 43.6. The van der Waals surface area contributed by atoms with Gasteiger partial charge in [-0.1, -0.05) is 62.2 Å². The number of esters is 1. The first kappa shape index (κ1) is 58.5. The number of nitrogens with zero attached hydrogens (tertiary/aromatic N) is 4. The minimum Gasteiger partial charge on any atom is -0.450 e. The fraction of sp³-hybridized carbons (Fsp3) is 0.673. The van der Waals surface area contributed by atoms with E-state index in [1.54, 1.807) is 29.2 Å². The normalized spacial score (nSPS) is 35.9. The van der Waals surface area contributed by atoms with E-state index in [1.807, 2.05) is 13.8 Å². The summed E-state index contributed by atoms with van der Waals surface area (Å²) in [6.45, 7) is 4.39. The highest BCUT2D eigenvalue weighted by atomic mass is 19.1. The van der Waals surface area contributed by atoms with Gasteiger partial charge in [-0.3, -0.25) is 9.59 Å². The minimum atomic E-state index is -1.73. The first-order valence-electron chi connectivity index (χ1n) is 26.4. The Hall–Kier alpha value is -4.68. The summed E-state index contributed by atoms with van der Waals surface area (Å²) in [7, 11) is 0. The van der Waals surface area contributed by atoms with Gasteiger partial charge in [0.2, 0.25) is 5.91 Å². The van der Waals surface area contributed by atoms with Crippen LogP contribution in [0.4, 0.5) is 4.39 Å². The Balaban J connectivity index is 1.02. The van der Waals surface area contributed by atoms with E-state index in [9.17, 15) is 59.6 Å². The average molecular weight is 1090 g/mol. The SMILES string of the molecule is CCC[C@H](OC1C(OC(=O)c2ccccc2)[C@H](O[C@@H]2CC(C(=O)NCCO[C@H]3OC(CO)[C@@H](O)C(n4cc(-c5cccc(F)c5)nn4)C3O)CC(CC)C2O[C@@H]2OC(C)[C@@H](O)C(O)C2O)OC(CO)[C@@H]1O)C(=O)N1CCC1. The first-order chi connectivity index (χ1) is 37.0. The molecule has 1 aliphatic carbocycles. The van der Waals surface area contributed by atoms with Crippen molar-refractivity contribution in [3.63, 3.8) is 0 Å². The highest BCUT2D eigenvalue weighted by Gasteiger charge is 2.54. The molecule has 0 bridgehead atoms. The lowest BCUT2D eigenvalue weighted by atomic mass is 9.75. The predicted octanol–water partition coefficient (Wildman–Crippen LogP) is -0.679. The van der Waals surface area contributed by atoms with Crippen molar-refractivity contribution in [2.75, 3.05) is 39.5 Å². The molecule has 1 saturated carbocycles. The van der Waals surface area contributed by atoms with Gasteiger partial charge in [0.1, 0.15) is 78.6 Å². The molecule has 8 rings (SSSR count). The number of nitrogens with one attached hydrogen (secondary N) is 1.